The minimum atomic E-state index is -4.72. The zero-order valence-electron chi connectivity index (χ0n) is 17.7. The molecule has 0 aliphatic carbocycles. The van der Waals surface area contributed by atoms with Gasteiger partial charge in [0.05, 0.1) is 20.5 Å². The average molecular weight is 546 g/mol. The number of benzene rings is 3. The Morgan fingerprint density at radius 3 is 2.40 bits per heavy atom. The van der Waals surface area contributed by atoms with Crippen molar-refractivity contribution in [2.75, 3.05) is 12.4 Å². The van der Waals surface area contributed by atoms with Crippen LogP contribution in [-0.2, 0) is 16.7 Å². The molecule has 0 radical (unpaired) electrons. The van der Waals surface area contributed by atoms with Crippen molar-refractivity contribution in [2.45, 2.75) is 11.9 Å². The van der Waals surface area contributed by atoms with E-state index in [1.54, 1.807) is 0 Å². The number of hydrogen-bond donors (Lipinski definition) is 0. The molecule has 12 heteroatoms. The van der Waals surface area contributed by atoms with E-state index in [2.05, 4.69) is 0 Å². The molecule has 35 heavy (non-hydrogen) atoms. The Hall–Kier alpha value is -2.95. The second-order valence-corrected chi connectivity index (χ2v) is 8.89. The molecule has 6 nitrogen and oxygen atoms in total. The maximum absolute atomic E-state index is 13.0. The van der Waals surface area contributed by atoms with Gasteiger partial charge in [0.1, 0.15) is 23.7 Å². The van der Waals surface area contributed by atoms with Gasteiger partial charge in [-0.3, -0.25) is 10.1 Å². The fraction of sp³-hybridized carbons (Fsp3) is 0.174. The number of halogens is 5. The summed E-state index contributed by atoms with van der Waals surface area (Å²) >= 11 is 13.1. The van der Waals surface area contributed by atoms with Crippen molar-refractivity contribution in [1.29, 1.82) is 0 Å². The molecular weight excluding hydrogens is 530 g/mol. The number of hydrogen-bond acceptors (Lipinski definition) is 6. The zero-order chi connectivity index (χ0) is 25.6. The van der Waals surface area contributed by atoms with Gasteiger partial charge in [-0.15, -0.1) is 0 Å². The standard InChI is InChI=1S/C23H16Cl2F3NO5S/c24-18-12-21(19(25)11-17(18)23(26,27)28)34-15-6-7-20(29(31)32)16(10-15)22(30)33-8-9-35-13-14-4-2-1-3-5-14/h1-7,10-12H,8-9,13H2. The molecule has 0 bridgehead atoms. The summed E-state index contributed by atoms with van der Waals surface area (Å²) in [6.45, 7) is 0.0128. The Kier molecular flexibility index (Phi) is 8.87. The lowest BCUT2D eigenvalue weighted by molar-refractivity contribution is -0.385. The monoisotopic (exact) mass is 545 g/mol. The molecule has 3 rings (SSSR count). The van der Waals surface area contributed by atoms with E-state index in [0.717, 1.165) is 23.8 Å². The Bertz CT molecular complexity index is 1230. The van der Waals surface area contributed by atoms with Crippen LogP contribution in [0.3, 0.4) is 0 Å². The molecule has 0 saturated heterocycles. The van der Waals surface area contributed by atoms with Gasteiger partial charge in [0.2, 0.25) is 0 Å². The van der Waals surface area contributed by atoms with Crippen LogP contribution in [0.5, 0.6) is 11.5 Å². The van der Waals surface area contributed by atoms with Gasteiger partial charge in [-0.2, -0.15) is 24.9 Å². The highest BCUT2D eigenvalue weighted by Gasteiger charge is 2.34. The van der Waals surface area contributed by atoms with Crippen LogP contribution in [0.15, 0.2) is 60.7 Å². The van der Waals surface area contributed by atoms with E-state index in [1.165, 1.54) is 17.8 Å². The lowest BCUT2D eigenvalue weighted by atomic mass is 10.1. The van der Waals surface area contributed by atoms with Gasteiger partial charge in [-0.05, 0) is 17.7 Å². The van der Waals surface area contributed by atoms with E-state index in [4.69, 9.17) is 32.7 Å². The van der Waals surface area contributed by atoms with Crippen LogP contribution in [-0.4, -0.2) is 23.3 Å². The van der Waals surface area contributed by atoms with E-state index < -0.39 is 33.3 Å². The second-order valence-electron chi connectivity index (χ2n) is 6.97. The molecule has 3 aromatic carbocycles. The van der Waals surface area contributed by atoms with Crippen molar-refractivity contribution in [2.24, 2.45) is 0 Å². The fourth-order valence-corrected chi connectivity index (χ4v) is 4.12. The number of esters is 1. The summed E-state index contributed by atoms with van der Waals surface area (Å²) in [4.78, 5) is 23.1. The largest absolute Gasteiger partial charge is 0.461 e. The maximum atomic E-state index is 13.0. The normalized spacial score (nSPS) is 11.2. The van der Waals surface area contributed by atoms with Crippen molar-refractivity contribution >= 4 is 46.6 Å². The van der Waals surface area contributed by atoms with Crippen molar-refractivity contribution in [3.05, 3.63) is 97.5 Å². The Morgan fingerprint density at radius 1 is 1.03 bits per heavy atom. The summed E-state index contributed by atoms with van der Waals surface area (Å²) in [5.41, 5.74) is -0.938. The zero-order valence-corrected chi connectivity index (χ0v) is 20.0. The molecule has 0 spiro atoms. The van der Waals surface area contributed by atoms with Crippen LogP contribution >= 0.6 is 35.0 Å². The Labute approximate surface area is 212 Å². The van der Waals surface area contributed by atoms with Gasteiger partial charge in [-0.1, -0.05) is 53.5 Å². The van der Waals surface area contributed by atoms with Gasteiger partial charge in [0.15, 0.2) is 0 Å². The number of nitro groups is 1. The van der Waals surface area contributed by atoms with Crippen molar-refractivity contribution in [3.8, 4) is 11.5 Å². The molecular formula is C23H16Cl2F3NO5S. The molecule has 0 aromatic heterocycles. The van der Waals surface area contributed by atoms with Gasteiger partial charge >= 0.3 is 12.1 Å². The molecule has 0 N–H and O–H groups in total. The summed E-state index contributed by atoms with van der Waals surface area (Å²) in [6.07, 6.45) is -4.72. The van der Waals surface area contributed by atoms with Gasteiger partial charge in [0, 0.05) is 29.7 Å². The van der Waals surface area contributed by atoms with Crippen LogP contribution in [0.4, 0.5) is 18.9 Å². The summed E-state index contributed by atoms with van der Waals surface area (Å²) in [5.74, 6) is -0.0873. The number of thioether (sulfide) groups is 1. The van der Waals surface area contributed by atoms with E-state index in [9.17, 15) is 28.1 Å². The molecule has 0 atom stereocenters. The first kappa shape index (κ1) is 26.7. The number of rotatable bonds is 9. The fourth-order valence-electron chi connectivity index (χ4n) is 2.89. The predicted molar refractivity (Wildman–Crippen MR) is 128 cm³/mol. The van der Waals surface area contributed by atoms with Crippen LogP contribution < -0.4 is 4.74 Å². The molecule has 0 aliphatic heterocycles. The highest BCUT2D eigenvalue weighted by molar-refractivity contribution is 7.98. The average Bonchev–Trinajstić information content (AvgIpc) is 2.80. The van der Waals surface area contributed by atoms with E-state index >= 15 is 0 Å². The molecule has 3 aromatic rings. The lowest BCUT2D eigenvalue weighted by Gasteiger charge is -2.13. The van der Waals surface area contributed by atoms with Crippen molar-refractivity contribution < 1.29 is 32.4 Å². The maximum Gasteiger partial charge on any atom is 0.417 e. The number of nitrogens with zero attached hydrogens (tertiary/aromatic N) is 1. The topological polar surface area (TPSA) is 78.7 Å². The SMILES string of the molecule is O=C(OCCSCc1ccccc1)c1cc(Oc2cc(Cl)c(C(F)(F)F)cc2Cl)ccc1[N+](=O)[O-]. The molecule has 0 heterocycles. The lowest BCUT2D eigenvalue weighted by Crippen LogP contribution is -2.10. The summed E-state index contributed by atoms with van der Waals surface area (Å²) in [6, 6.07) is 14.4. The van der Waals surface area contributed by atoms with E-state index in [1.807, 2.05) is 30.3 Å². The molecule has 0 fully saturated rings. The first-order valence-electron chi connectivity index (χ1n) is 9.87. The Balaban J connectivity index is 1.70. The van der Waals surface area contributed by atoms with Gasteiger partial charge in [-0.25, -0.2) is 4.79 Å². The summed E-state index contributed by atoms with van der Waals surface area (Å²) in [5, 5.41) is 10.3. The number of ether oxygens (including phenoxy) is 2. The molecule has 0 amide bonds. The van der Waals surface area contributed by atoms with Crippen LogP contribution in [0.25, 0.3) is 0 Å². The highest BCUT2D eigenvalue weighted by Crippen LogP contribution is 2.41. The number of carbonyl (C=O) groups excluding carboxylic acids is 1. The third-order valence-electron chi connectivity index (χ3n) is 4.51. The smallest absolute Gasteiger partial charge is 0.417 e. The van der Waals surface area contributed by atoms with Gasteiger partial charge < -0.3 is 9.47 Å². The molecule has 0 saturated carbocycles. The van der Waals surface area contributed by atoms with Crippen LogP contribution in [0.2, 0.25) is 10.0 Å². The molecule has 184 valence electrons. The van der Waals surface area contributed by atoms with Gasteiger partial charge in [0.25, 0.3) is 5.69 Å². The number of carbonyl (C=O) groups is 1. The quantitative estimate of drug-likeness (QED) is 0.118. The highest BCUT2D eigenvalue weighted by atomic mass is 35.5. The third-order valence-corrected chi connectivity index (χ3v) is 6.11. The molecule has 0 unspecified atom stereocenters. The minimum Gasteiger partial charge on any atom is -0.461 e. The predicted octanol–water partition coefficient (Wildman–Crippen LogP) is 7.80. The molecule has 0 aliphatic rings. The van der Waals surface area contributed by atoms with Crippen molar-refractivity contribution in [3.63, 3.8) is 0 Å². The summed E-state index contributed by atoms with van der Waals surface area (Å²) in [7, 11) is 0. The first-order chi connectivity index (χ1) is 16.6. The summed E-state index contributed by atoms with van der Waals surface area (Å²) < 4.78 is 49.6. The van der Waals surface area contributed by atoms with Crippen LogP contribution in [0, 0.1) is 10.1 Å². The third kappa shape index (κ3) is 7.27. The number of nitro benzene ring substituents is 1. The first-order valence-corrected chi connectivity index (χ1v) is 11.8. The van der Waals surface area contributed by atoms with Crippen LogP contribution in [0.1, 0.15) is 21.5 Å². The Morgan fingerprint density at radius 2 is 1.74 bits per heavy atom. The van der Waals surface area contributed by atoms with E-state index in [-0.39, 0.29) is 28.7 Å². The minimum absolute atomic E-state index is 0.0128. The van der Waals surface area contributed by atoms with E-state index in [0.29, 0.717) is 17.6 Å². The second kappa shape index (κ2) is 11.7. The number of alkyl halides is 3. The van der Waals surface area contributed by atoms with Crippen molar-refractivity contribution in [1.82, 2.24) is 0 Å².